The third-order valence-corrected chi connectivity index (χ3v) is 5.52. The van der Waals surface area contributed by atoms with Crippen LogP contribution in [0.25, 0.3) is 10.2 Å². The lowest BCUT2D eigenvalue weighted by Crippen LogP contribution is -2.41. The molecule has 1 aliphatic heterocycles. The SMILES string of the molecule is COC(=O)c1cc2sc(C3CCN(C(=O)OC(C)(C)C)CC3)cc2[nH]1. The van der Waals surface area contributed by atoms with E-state index in [9.17, 15) is 9.59 Å². The summed E-state index contributed by atoms with van der Waals surface area (Å²) in [6.07, 6.45) is 1.62. The molecular formula is C18H24N2O4S. The first-order valence-electron chi connectivity index (χ1n) is 8.45. The highest BCUT2D eigenvalue weighted by atomic mass is 32.1. The monoisotopic (exact) mass is 364 g/mol. The number of ether oxygens (including phenoxy) is 2. The zero-order valence-electron chi connectivity index (χ0n) is 15.0. The first-order valence-corrected chi connectivity index (χ1v) is 9.27. The number of thiophene rings is 1. The van der Waals surface area contributed by atoms with Crippen molar-refractivity contribution in [3.8, 4) is 0 Å². The minimum absolute atomic E-state index is 0.230. The molecule has 3 rings (SSSR count). The molecule has 1 saturated heterocycles. The minimum Gasteiger partial charge on any atom is -0.464 e. The molecule has 0 atom stereocenters. The van der Waals surface area contributed by atoms with Gasteiger partial charge in [-0.2, -0.15) is 0 Å². The summed E-state index contributed by atoms with van der Waals surface area (Å²) in [6, 6.07) is 3.95. The van der Waals surface area contributed by atoms with Crippen molar-refractivity contribution in [1.29, 1.82) is 0 Å². The molecule has 7 heteroatoms. The number of fused-ring (bicyclic) bond motifs is 1. The number of piperidine rings is 1. The van der Waals surface area contributed by atoms with Gasteiger partial charge in [0, 0.05) is 18.0 Å². The van der Waals surface area contributed by atoms with Crippen LogP contribution in [0.2, 0.25) is 0 Å². The van der Waals surface area contributed by atoms with Crippen molar-refractivity contribution >= 4 is 33.6 Å². The number of H-pyrrole nitrogens is 1. The predicted molar refractivity (Wildman–Crippen MR) is 97.3 cm³/mol. The fraction of sp³-hybridized carbons (Fsp3) is 0.556. The molecule has 0 saturated carbocycles. The van der Waals surface area contributed by atoms with E-state index in [4.69, 9.17) is 9.47 Å². The standard InChI is InChI=1S/C18H24N2O4S/c1-18(2,3)24-17(22)20-7-5-11(6-8-20)14-9-12-15(25-14)10-13(19-12)16(21)23-4/h9-11,19H,5-8H2,1-4H3. The molecule has 1 aliphatic rings. The minimum atomic E-state index is -0.460. The molecule has 3 heterocycles. The van der Waals surface area contributed by atoms with E-state index < -0.39 is 5.60 Å². The van der Waals surface area contributed by atoms with Crippen LogP contribution in [0.5, 0.6) is 0 Å². The fourth-order valence-electron chi connectivity index (χ4n) is 3.04. The Morgan fingerprint density at radius 1 is 1.24 bits per heavy atom. The van der Waals surface area contributed by atoms with Crippen LogP contribution in [-0.4, -0.2) is 47.7 Å². The average Bonchev–Trinajstić information content (AvgIpc) is 3.11. The van der Waals surface area contributed by atoms with Gasteiger partial charge in [-0.15, -0.1) is 11.3 Å². The largest absolute Gasteiger partial charge is 0.464 e. The second-order valence-electron chi connectivity index (χ2n) is 7.34. The van der Waals surface area contributed by atoms with Crippen molar-refractivity contribution in [3.63, 3.8) is 0 Å². The van der Waals surface area contributed by atoms with E-state index in [-0.39, 0.29) is 12.1 Å². The summed E-state index contributed by atoms with van der Waals surface area (Å²) in [7, 11) is 1.38. The van der Waals surface area contributed by atoms with E-state index in [0.29, 0.717) is 24.7 Å². The fourth-order valence-corrected chi connectivity index (χ4v) is 4.27. The summed E-state index contributed by atoms with van der Waals surface area (Å²) in [5.74, 6) is 0.0849. The van der Waals surface area contributed by atoms with Gasteiger partial charge in [0.25, 0.3) is 0 Å². The smallest absolute Gasteiger partial charge is 0.410 e. The highest BCUT2D eigenvalue weighted by Crippen LogP contribution is 2.36. The number of amides is 1. The Labute approximate surface area is 151 Å². The molecule has 136 valence electrons. The number of rotatable bonds is 2. The van der Waals surface area contributed by atoms with Crippen LogP contribution in [0.3, 0.4) is 0 Å². The lowest BCUT2D eigenvalue weighted by molar-refractivity contribution is 0.0205. The quantitative estimate of drug-likeness (QED) is 0.813. The molecule has 0 unspecified atom stereocenters. The van der Waals surface area contributed by atoms with Crippen molar-refractivity contribution in [2.75, 3.05) is 20.2 Å². The molecule has 0 aliphatic carbocycles. The molecule has 0 spiro atoms. The summed E-state index contributed by atoms with van der Waals surface area (Å²) in [6.45, 7) is 7.06. The summed E-state index contributed by atoms with van der Waals surface area (Å²) in [5, 5.41) is 0. The zero-order valence-corrected chi connectivity index (χ0v) is 15.9. The number of esters is 1. The van der Waals surface area contributed by atoms with E-state index in [1.54, 1.807) is 16.2 Å². The molecular weight excluding hydrogens is 340 g/mol. The van der Waals surface area contributed by atoms with Crippen molar-refractivity contribution in [1.82, 2.24) is 9.88 Å². The average molecular weight is 364 g/mol. The molecule has 0 aromatic carbocycles. The third-order valence-electron chi connectivity index (χ3n) is 4.28. The highest BCUT2D eigenvalue weighted by molar-refractivity contribution is 7.19. The summed E-state index contributed by atoms with van der Waals surface area (Å²) >= 11 is 1.70. The highest BCUT2D eigenvalue weighted by Gasteiger charge is 2.28. The van der Waals surface area contributed by atoms with Crippen molar-refractivity contribution in [3.05, 3.63) is 22.7 Å². The number of nitrogens with zero attached hydrogens (tertiary/aromatic N) is 1. The van der Waals surface area contributed by atoms with Crippen LogP contribution in [0.1, 0.15) is 54.9 Å². The van der Waals surface area contributed by atoms with Crippen LogP contribution in [0, 0.1) is 0 Å². The Morgan fingerprint density at radius 2 is 1.92 bits per heavy atom. The summed E-state index contributed by atoms with van der Waals surface area (Å²) in [4.78, 5) is 29.9. The Morgan fingerprint density at radius 3 is 2.48 bits per heavy atom. The molecule has 2 aromatic heterocycles. The topological polar surface area (TPSA) is 71.6 Å². The van der Waals surface area contributed by atoms with Crippen molar-refractivity contribution in [2.45, 2.75) is 45.1 Å². The van der Waals surface area contributed by atoms with Crippen molar-refractivity contribution < 1.29 is 19.1 Å². The molecule has 0 radical (unpaired) electrons. The number of methoxy groups -OCH3 is 1. The van der Waals surface area contributed by atoms with Gasteiger partial charge in [0.1, 0.15) is 11.3 Å². The maximum absolute atomic E-state index is 12.1. The lowest BCUT2D eigenvalue weighted by Gasteiger charge is -2.33. The van der Waals surface area contributed by atoms with Gasteiger partial charge in [-0.25, -0.2) is 9.59 Å². The second kappa shape index (κ2) is 6.71. The molecule has 25 heavy (non-hydrogen) atoms. The lowest BCUT2D eigenvalue weighted by atomic mass is 9.95. The Bertz CT molecular complexity index is 747. The number of aromatic nitrogens is 1. The second-order valence-corrected chi connectivity index (χ2v) is 8.46. The Hall–Kier alpha value is -2.02. The van der Waals surface area contributed by atoms with Gasteiger partial charge in [0.15, 0.2) is 0 Å². The number of carbonyl (C=O) groups is 2. The van der Waals surface area contributed by atoms with E-state index >= 15 is 0 Å². The number of nitrogens with one attached hydrogen (secondary N) is 1. The molecule has 1 N–H and O–H groups in total. The number of carbonyl (C=O) groups excluding carboxylic acids is 2. The van der Waals surface area contributed by atoms with E-state index in [1.807, 2.05) is 26.8 Å². The van der Waals surface area contributed by atoms with E-state index in [1.165, 1.54) is 12.0 Å². The number of hydrogen-bond donors (Lipinski definition) is 1. The molecule has 6 nitrogen and oxygen atoms in total. The summed E-state index contributed by atoms with van der Waals surface area (Å²) in [5.41, 5.74) is 0.989. The van der Waals surface area contributed by atoms with Gasteiger partial charge in [-0.05, 0) is 51.7 Å². The molecule has 2 aromatic rings. The van der Waals surface area contributed by atoms with E-state index in [0.717, 1.165) is 23.1 Å². The van der Waals surface area contributed by atoms with Crippen molar-refractivity contribution in [2.24, 2.45) is 0 Å². The maximum atomic E-state index is 12.1. The van der Waals surface area contributed by atoms with Crippen LogP contribution < -0.4 is 0 Å². The normalized spacial score (nSPS) is 16.2. The number of hydrogen-bond acceptors (Lipinski definition) is 5. The predicted octanol–water partition coefficient (Wildman–Crippen LogP) is 4.13. The molecule has 1 amide bonds. The summed E-state index contributed by atoms with van der Waals surface area (Å²) < 4.78 is 11.2. The molecule has 1 fully saturated rings. The number of likely N-dealkylation sites (tertiary alicyclic amines) is 1. The van der Waals surface area contributed by atoms with Gasteiger partial charge in [-0.3, -0.25) is 0 Å². The van der Waals surface area contributed by atoms with Gasteiger partial charge in [0.2, 0.25) is 0 Å². The number of aromatic amines is 1. The van der Waals surface area contributed by atoms with Crippen LogP contribution in [0.15, 0.2) is 12.1 Å². The Kier molecular flexibility index (Phi) is 4.77. The zero-order chi connectivity index (χ0) is 18.2. The first-order chi connectivity index (χ1) is 11.8. The van der Waals surface area contributed by atoms with E-state index in [2.05, 4.69) is 11.1 Å². The Balaban J connectivity index is 1.63. The van der Waals surface area contributed by atoms with Crippen LogP contribution >= 0.6 is 11.3 Å². The third kappa shape index (κ3) is 3.98. The van der Waals surface area contributed by atoms with Gasteiger partial charge >= 0.3 is 12.1 Å². The maximum Gasteiger partial charge on any atom is 0.410 e. The van der Waals surface area contributed by atoms with Crippen LogP contribution in [0.4, 0.5) is 4.79 Å². The van der Waals surface area contributed by atoms with Crippen LogP contribution in [-0.2, 0) is 9.47 Å². The molecule has 0 bridgehead atoms. The van der Waals surface area contributed by atoms with Gasteiger partial charge < -0.3 is 19.4 Å². The first kappa shape index (κ1) is 17.8. The van der Waals surface area contributed by atoms with Gasteiger partial charge in [-0.1, -0.05) is 0 Å². The van der Waals surface area contributed by atoms with Gasteiger partial charge in [0.05, 0.1) is 17.3 Å².